The van der Waals surface area contributed by atoms with Gasteiger partial charge in [0.1, 0.15) is 5.78 Å². The quantitative estimate of drug-likeness (QED) is 0.257. The fourth-order valence-corrected chi connectivity index (χ4v) is 14.8. The van der Waals surface area contributed by atoms with Gasteiger partial charge in [-0.15, -0.1) is 0 Å². The second-order valence-electron chi connectivity index (χ2n) is 20.8. The van der Waals surface area contributed by atoms with Gasteiger partial charge in [0, 0.05) is 43.0 Å². The van der Waals surface area contributed by atoms with Crippen LogP contribution < -0.4 is 5.32 Å². The summed E-state index contributed by atoms with van der Waals surface area (Å²) in [4.78, 5) is 62.2. The number of aliphatic carboxylic acids is 1. The van der Waals surface area contributed by atoms with E-state index in [4.69, 9.17) is 11.6 Å². The molecular weight excluding hydrogens is 698 g/mol. The van der Waals surface area contributed by atoms with Crippen LogP contribution in [-0.2, 0) is 24.7 Å². The van der Waals surface area contributed by atoms with Gasteiger partial charge in [-0.05, 0) is 134 Å². The van der Waals surface area contributed by atoms with Gasteiger partial charge in [0.2, 0.25) is 5.91 Å². The Morgan fingerprint density at radius 3 is 2.22 bits per heavy atom. The molecule has 2 N–H and O–H groups in total. The maximum absolute atomic E-state index is 14.1. The minimum Gasteiger partial charge on any atom is -0.481 e. The van der Waals surface area contributed by atoms with Crippen molar-refractivity contribution >= 4 is 35.0 Å². The van der Waals surface area contributed by atoms with E-state index < -0.39 is 16.9 Å². The topological polar surface area (TPSA) is 126 Å². The molecule has 6 fully saturated rings. The first-order chi connectivity index (χ1) is 25.4. The molecule has 0 aliphatic heterocycles. The molecule has 1 heterocycles. The number of carbonyl (C=O) groups excluding carboxylic acids is 3. The molecule has 9 heteroatoms. The third kappa shape index (κ3) is 5.70. The summed E-state index contributed by atoms with van der Waals surface area (Å²) >= 11 is 6.07. The Bertz CT molecular complexity index is 1780. The summed E-state index contributed by atoms with van der Waals surface area (Å²) < 4.78 is 0. The monoisotopic (exact) mass is 759 g/mol. The van der Waals surface area contributed by atoms with Crippen molar-refractivity contribution in [3.8, 4) is 0 Å². The number of hydrogen-bond donors (Lipinski definition) is 2. The fourth-order valence-electron chi connectivity index (χ4n) is 14.7. The Kier molecular flexibility index (Phi) is 9.19. The molecule has 1 amide bonds. The van der Waals surface area contributed by atoms with Crippen LogP contribution in [0.1, 0.15) is 144 Å². The van der Waals surface area contributed by atoms with E-state index in [-0.39, 0.29) is 57.4 Å². The maximum Gasteiger partial charge on any atom is 0.306 e. The van der Waals surface area contributed by atoms with Crippen molar-refractivity contribution in [3.05, 3.63) is 34.4 Å². The van der Waals surface area contributed by atoms with Gasteiger partial charge in [-0.3, -0.25) is 19.2 Å². The Hall–Kier alpha value is -2.61. The summed E-state index contributed by atoms with van der Waals surface area (Å²) in [6.07, 6.45) is 15.3. The number of carboxylic acid groups (broad SMARTS) is 1. The lowest BCUT2D eigenvalue weighted by atomic mass is 9.35. The van der Waals surface area contributed by atoms with Crippen LogP contribution in [0.3, 0.4) is 0 Å². The minimum atomic E-state index is -0.766. The van der Waals surface area contributed by atoms with Crippen LogP contribution in [0, 0.1) is 74.9 Å². The van der Waals surface area contributed by atoms with E-state index in [1.807, 2.05) is 6.92 Å². The number of nitrogens with zero attached hydrogens (tertiary/aromatic N) is 2. The number of ketones is 2. The van der Waals surface area contributed by atoms with Crippen molar-refractivity contribution < 1.29 is 24.3 Å². The number of rotatable bonds is 9. The second-order valence-corrected chi connectivity index (χ2v) is 21.2. The molecule has 0 aromatic carbocycles. The lowest BCUT2D eigenvalue weighted by molar-refractivity contribution is -0.193. The zero-order chi connectivity index (χ0) is 38.7. The number of hydrogen-bond acceptors (Lipinski definition) is 6. The van der Waals surface area contributed by atoms with E-state index >= 15 is 0 Å². The molecule has 11 atom stereocenters. The number of fused-ring (bicyclic) bond motifs is 7. The van der Waals surface area contributed by atoms with E-state index in [0.717, 1.165) is 63.4 Å². The van der Waals surface area contributed by atoms with Gasteiger partial charge in [-0.25, -0.2) is 9.97 Å². The molecule has 8 rings (SSSR count). The first-order valence-electron chi connectivity index (χ1n) is 21.2. The number of Topliss-reactive ketones (excluding diaryl/α,β-unsaturated/α-hetero) is 2. The van der Waals surface area contributed by atoms with Gasteiger partial charge in [-0.2, -0.15) is 0 Å². The summed E-state index contributed by atoms with van der Waals surface area (Å²) in [5, 5.41) is 13.3. The predicted molar refractivity (Wildman–Crippen MR) is 207 cm³/mol. The number of nitrogens with one attached hydrogen (secondary N) is 1. The second kappa shape index (κ2) is 13.0. The summed E-state index contributed by atoms with van der Waals surface area (Å²) in [6.45, 7) is 16.3. The number of allylic oxidation sites excluding steroid dienone is 2. The summed E-state index contributed by atoms with van der Waals surface area (Å²) in [5.41, 5.74) is 1.75. The molecule has 0 radical (unpaired) electrons. The smallest absolute Gasteiger partial charge is 0.306 e. The van der Waals surface area contributed by atoms with Crippen LogP contribution >= 0.6 is 11.6 Å². The zero-order valence-electron chi connectivity index (χ0n) is 33.6. The highest BCUT2D eigenvalue weighted by Gasteiger charge is 2.66. The highest BCUT2D eigenvalue weighted by atomic mass is 35.5. The van der Waals surface area contributed by atoms with Crippen LogP contribution in [0.2, 0.25) is 5.02 Å². The van der Waals surface area contributed by atoms with Gasteiger partial charge < -0.3 is 10.4 Å². The van der Waals surface area contributed by atoms with Crippen LogP contribution in [0.15, 0.2) is 23.5 Å². The average Bonchev–Trinajstić information content (AvgIpc) is 3.79. The van der Waals surface area contributed by atoms with Gasteiger partial charge in [-0.1, -0.05) is 65.6 Å². The van der Waals surface area contributed by atoms with E-state index in [1.54, 1.807) is 12.4 Å². The lowest BCUT2D eigenvalue weighted by Crippen LogP contribution is -2.62. The Labute approximate surface area is 326 Å². The normalized spacial score (nSPS) is 41.5. The molecule has 294 valence electrons. The molecule has 54 heavy (non-hydrogen) atoms. The van der Waals surface area contributed by atoms with Crippen molar-refractivity contribution in [1.82, 2.24) is 15.3 Å². The number of amides is 1. The highest BCUT2D eigenvalue weighted by molar-refractivity contribution is 6.30. The van der Waals surface area contributed by atoms with Gasteiger partial charge >= 0.3 is 5.97 Å². The van der Waals surface area contributed by atoms with Crippen molar-refractivity contribution in [3.63, 3.8) is 0 Å². The molecule has 0 saturated heterocycles. The van der Waals surface area contributed by atoms with E-state index in [2.05, 4.69) is 56.8 Å². The van der Waals surface area contributed by atoms with Crippen LogP contribution in [0.4, 0.5) is 0 Å². The molecule has 11 unspecified atom stereocenters. The molecule has 8 nitrogen and oxygen atoms in total. The molecule has 7 aliphatic carbocycles. The number of aromatic nitrogens is 2. The Balaban J connectivity index is 1.02. The van der Waals surface area contributed by atoms with E-state index in [1.165, 1.54) is 12.0 Å². The Morgan fingerprint density at radius 1 is 0.907 bits per heavy atom. The van der Waals surface area contributed by atoms with Gasteiger partial charge in [0.25, 0.3) is 0 Å². The molecule has 0 bridgehead atoms. The lowest BCUT2D eigenvalue weighted by Gasteiger charge is -2.69. The van der Waals surface area contributed by atoms with Gasteiger partial charge in [0.15, 0.2) is 11.6 Å². The zero-order valence-corrected chi connectivity index (χ0v) is 34.4. The van der Waals surface area contributed by atoms with Crippen molar-refractivity contribution in [2.24, 2.45) is 74.9 Å². The number of halogens is 1. The van der Waals surface area contributed by atoms with Crippen LogP contribution in [-0.4, -0.2) is 38.5 Å². The molecule has 0 spiro atoms. The standard InChI is InChI=1S/C45H62ClN3O5/c1-24(2)37-33(51)20-44(21-36(52)49-45(16-17-45)40-47-22-27(46)23-48-40)15-11-31-28(38(37)44)8-9-35-42(31,6)14-12-34-41(4,5)26(10-13-43(34,35)7)18-32(50)29-19-30(25(29)3)39(53)54/h22-26,28-31,34-35H,8-21H2,1-7H3,(H,49,52)(H,53,54). The molecular formula is C45H62ClN3O5. The summed E-state index contributed by atoms with van der Waals surface area (Å²) in [6, 6.07) is 0. The van der Waals surface area contributed by atoms with Crippen molar-refractivity contribution in [2.75, 3.05) is 0 Å². The Morgan fingerprint density at radius 2 is 1.59 bits per heavy atom. The third-order valence-electron chi connectivity index (χ3n) is 17.6. The average molecular weight is 760 g/mol. The molecule has 7 aliphatic rings. The summed E-state index contributed by atoms with van der Waals surface area (Å²) in [5.74, 6) is 2.20. The number of carboxylic acids is 1. The predicted octanol–water partition coefficient (Wildman–Crippen LogP) is 9.15. The van der Waals surface area contributed by atoms with Crippen LogP contribution in [0.25, 0.3) is 0 Å². The van der Waals surface area contributed by atoms with Gasteiger partial charge in [0.05, 0.1) is 16.5 Å². The summed E-state index contributed by atoms with van der Waals surface area (Å²) in [7, 11) is 0. The minimum absolute atomic E-state index is 0.00124. The third-order valence-corrected chi connectivity index (χ3v) is 17.8. The SMILES string of the molecule is CC(C)C1=C2C3CCC4C(C)(CCC5C(C)(C)C(CC(=O)C6CC(C(=O)O)C6C)CCC54C)C3CCC2(CC(=O)NC2(c3ncc(Cl)cn3)CC2)CC1=O. The first-order valence-corrected chi connectivity index (χ1v) is 21.6. The van der Waals surface area contributed by atoms with Crippen molar-refractivity contribution in [1.29, 1.82) is 0 Å². The maximum atomic E-state index is 14.1. The fraction of sp³-hybridized carbons (Fsp3) is 0.778. The molecule has 1 aromatic heterocycles. The highest BCUT2D eigenvalue weighted by Crippen LogP contribution is 2.74. The molecule has 6 saturated carbocycles. The molecule has 1 aromatic rings. The largest absolute Gasteiger partial charge is 0.481 e. The van der Waals surface area contributed by atoms with E-state index in [0.29, 0.717) is 66.1 Å². The first kappa shape index (κ1) is 38.3. The van der Waals surface area contributed by atoms with Crippen LogP contribution in [0.5, 0.6) is 0 Å². The van der Waals surface area contributed by atoms with Crippen molar-refractivity contribution in [2.45, 2.75) is 144 Å². The number of carbonyl (C=O) groups is 4. The van der Waals surface area contributed by atoms with E-state index in [9.17, 15) is 24.3 Å².